The van der Waals surface area contributed by atoms with Crippen LogP contribution in [0.3, 0.4) is 0 Å². The molecular weight excluding hydrogens is 2050 g/mol. The zero-order valence-corrected chi connectivity index (χ0v) is 77.9. The molecule has 7 aromatic heterocycles. The van der Waals surface area contributed by atoms with Crippen molar-refractivity contribution in [3.63, 3.8) is 0 Å². The summed E-state index contributed by atoms with van der Waals surface area (Å²) in [6.07, 6.45) is -6.78. The second-order valence-corrected chi connectivity index (χ2v) is 41.1. The van der Waals surface area contributed by atoms with Crippen molar-refractivity contribution in [2.45, 2.75) is 107 Å². The maximum Gasteiger partial charge on any atom is 3.00 e. The number of aliphatic hydroxyl groups is 3. The number of carbonyl (C=O) groups excluding carboxylic acids is 2. The van der Waals surface area contributed by atoms with Crippen LogP contribution >= 0.6 is 57.4 Å². The average molecular weight is 2130 g/mol. The number of aliphatic carboxylic acids is 4. The third-order valence-corrected chi connectivity index (χ3v) is 29.3. The molecule has 11 rings (SSSR count). The molecule has 0 aliphatic carbocycles. The van der Waals surface area contributed by atoms with Crippen LogP contribution in [0.15, 0.2) is 122 Å². The molecule has 61 heteroatoms. The summed E-state index contributed by atoms with van der Waals surface area (Å²) in [5.41, 5.74) is 17.4. The number of pyridine rings is 3. The zero-order chi connectivity index (χ0) is 95.5. The number of nitrogens with one attached hydrogen (secondary N) is 4. The number of rotatable bonds is 45. The first kappa shape index (κ1) is 107. The van der Waals surface area contributed by atoms with Crippen molar-refractivity contribution >= 4 is 150 Å². The van der Waals surface area contributed by atoms with Crippen LogP contribution in [0.4, 0.5) is 22.1 Å². The van der Waals surface area contributed by atoms with Gasteiger partial charge in [-0.1, -0.05) is 73.2 Å². The van der Waals surface area contributed by atoms with E-state index in [-0.39, 0.29) is 114 Å². The summed E-state index contributed by atoms with van der Waals surface area (Å²) in [5, 5.41) is 81.5. The number of hydrogen-bond donors (Lipinski definition) is 14. The fourth-order valence-electron chi connectivity index (χ4n) is 13.0. The van der Waals surface area contributed by atoms with Gasteiger partial charge in [0, 0.05) is 58.9 Å². The fraction of sp³-hybridized carbons (Fsp3) is 0.380. The van der Waals surface area contributed by atoms with Gasteiger partial charge in [0.15, 0.2) is 46.6 Å². The number of imidazole rings is 2. The van der Waals surface area contributed by atoms with Gasteiger partial charge in [-0.2, -0.15) is 0 Å². The van der Waals surface area contributed by atoms with E-state index in [1.165, 1.54) is 50.6 Å². The number of benzene rings is 2. The van der Waals surface area contributed by atoms with E-state index in [1.807, 2.05) is 12.1 Å². The molecule has 9 heterocycles. The molecule has 0 bridgehead atoms. The van der Waals surface area contributed by atoms with Crippen LogP contribution in [0.1, 0.15) is 67.6 Å². The van der Waals surface area contributed by atoms with E-state index in [0.29, 0.717) is 101 Å². The van der Waals surface area contributed by atoms with Gasteiger partial charge in [-0.15, -0.1) is 0 Å². The number of carbonyl (C=O) groups is 6. The number of fused-ring (bicyclic) bond motifs is 2. The van der Waals surface area contributed by atoms with Crippen molar-refractivity contribution in [1.29, 1.82) is 0 Å². The third-order valence-electron chi connectivity index (χ3n) is 18.6. The summed E-state index contributed by atoms with van der Waals surface area (Å²) >= 11 is 9.47. The number of unbranched alkanes of at least 4 members (excludes halogenated alkanes) is 3. The molecule has 52 nitrogen and oxygen atoms in total. The predicted molar refractivity (Wildman–Crippen MR) is 451 cm³/mol. The van der Waals surface area contributed by atoms with Crippen molar-refractivity contribution in [1.82, 2.24) is 79.7 Å². The Bertz CT molecular complexity index is 5800. The molecule has 0 radical (unpaired) electrons. The number of nitrogens with zero attached hydrogens (tertiary/aromatic N) is 13. The first-order chi connectivity index (χ1) is 61.6. The largest absolute Gasteiger partial charge is 3.00 e. The second-order valence-electron chi connectivity index (χ2n) is 28.9. The van der Waals surface area contributed by atoms with Gasteiger partial charge in [-0.25, -0.2) is 54.0 Å². The van der Waals surface area contributed by atoms with E-state index in [9.17, 15) is 117 Å². The van der Waals surface area contributed by atoms with Crippen LogP contribution < -0.4 is 62.1 Å². The van der Waals surface area contributed by atoms with E-state index in [4.69, 9.17) is 57.7 Å². The first-order valence-corrected chi connectivity index (χ1v) is 49.6. The maximum absolute atomic E-state index is 13.1. The van der Waals surface area contributed by atoms with Crippen LogP contribution in [-0.4, -0.2) is 247 Å². The van der Waals surface area contributed by atoms with E-state index in [1.54, 1.807) is 72.8 Å². The number of nitrogen functional groups attached to an aromatic ring is 2. The topological polar surface area (TPSA) is 794 Å². The summed E-state index contributed by atoms with van der Waals surface area (Å²) in [6, 6.07) is 26.9. The Labute approximate surface area is 798 Å². The number of carboxylic acids is 4. The van der Waals surface area contributed by atoms with E-state index in [0.717, 1.165) is 18.2 Å². The molecule has 2 aliphatic heterocycles. The number of phosphoric ester groups is 2. The number of aromatic nitrogens is 11. The van der Waals surface area contributed by atoms with Gasteiger partial charge in [-0.05, 0) is 102 Å². The molecule has 9 aromatic rings. The third kappa shape index (κ3) is 32.9. The Hall–Kier alpha value is -8.48. The van der Waals surface area contributed by atoms with Gasteiger partial charge < -0.3 is 135 Å². The quantitative estimate of drug-likeness (QED) is 0.0131. The molecule has 2 aromatic carbocycles. The van der Waals surface area contributed by atoms with Crippen LogP contribution in [0.2, 0.25) is 0 Å². The normalized spacial score (nSPS) is 19.9. The Morgan fingerprint density at radius 3 is 1.52 bits per heavy atom. The summed E-state index contributed by atoms with van der Waals surface area (Å²) in [7, 11) is -27.9. The summed E-state index contributed by atoms with van der Waals surface area (Å²) in [4.78, 5) is 192. The van der Waals surface area contributed by atoms with Gasteiger partial charge in [0.1, 0.15) is 68.5 Å². The molecule has 0 spiro atoms. The summed E-state index contributed by atoms with van der Waals surface area (Å²) < 4.78 is 101. The van der Waals surface area contributed by atoms with Gasteiger partial charge in [0.2, 0.25) is 5.91 Å². The van der Waals surface area contributed by atoms with Gasteiger partial charge >= 0.3 is 79.3 Å². The SMILES string of the molecule is CC(=O)NCCc1ccc(CP(=O)([O-])CP(=O)([O-])OP(=O)([O-])OCC2OC(n3cnc4c(N)ncnc43)C(O)C2O)cc1.Nc1ncnc2c1ncn2[C@@H]1O[C@H](COP(=O)([O-])OP(=O)([O-])OP([O-])(O)=S)C(O)[C@@H]1OC(=O)NCCCCCCNC(=S)Nc1ccc(-c2cc(-c3cccc(CN(CC(=O)O)CC(=O)O)n3)nc(-c3cccc(CN(CC(=O)O)CC(=O)O)n3)c2)cc1.[Eu+3]. The fourth-order valence-corrected chi connectivity index (χ4v) is 22.6. The Morgan fingerprint density at radius 2 is 1.02 bits per heavy atom. The van der Waals surface area contributed by atoms with Gasteiger partial charge in [0.25, 0.3) is 23.5 Å². The maximum atomic E-state index is 13.1. The molecule has 16 N–H and O–H groups in total. The first-order valence-electron chi connectivity index (χ1n) is 38.5. The van der Waals surface area contributed by atoms with Gasteiger partial charge in [-0.3, -0.25) is 65.2 Å². The van der Waals surface area contributed by atoms with Crippen molar-refractivity contribution < 1.29 is 207 Å². The summed E-state index contributed by atoms with van der Waals surface area (Å²) in [6.45, 7) is -7.37. The van der Waals surface area contributed by atoms with Crippen molar-refractivity contribution in [2.24, 2.45) is 0 Å². The number of alkyl carbamates (subject to hydrolysis) is 1. The Morgan fingerprint density at radius 1 is 0.545 bits per heavy atom. The number of nitrogens with two attached hydrogens (primary N) is 2. The number of anilines is 3. The number of phosphoric acid groups is 3. The molecule has 712 valence electrons. The Kier molecular flexibility index (Phi) is 38.8. The monoisotopic (exact) mass is 2130 g/mol. The number of ether oxygens (including phenoxy) is 3. The predicted octanol–water partition coefficient (Wildman–Crippen LogP) is -0.442. The summed E-state index contributed by atoms with van der Waals surface area (Å²) in [5.74, 6) is -6.70. The Balaban J connectivity index is 0.000000371. The molecule has 2 amide bonds. The molecule has 132 heavy (non-hydrogen) atoms. The smallest absolute Gasteiger partial charge is 0.799 e. The van der Waals surface area contributed by atoms with E-state index in [2.05, 4.69) is 85.0 Å². The van der Waals surface area contributed by atoms with Crippen LogP contribution in [-0.2, 0) is 120 Å². The number of thiocarbonyl (C=S) groups is 1. The van der Waals surface area contributed by atoms with E-state index >= 15 is 0 Å². The van der Waals surface area contributed by atoms with Crippen LogP contribution in [0, 0.1) is 49.4 Å². The second kappa shape index (κ2) is 47.8. The van der Waals surface area contributed by atoms with Crippen LogP contribution in [0.5, 0.6) is 0 Å². The molecule has 2 saturated heterocycles. The minimum Gasteiger partial charge on any atom is -0.799 e. The molecule has 11 unspecified atom stereocenters. The zero-order valence-electron chi connectivity index (χ0n) is 68.5. The molecular formula is C71H83EuN19O33P6S2-3. The molecule has 0 saturated carbocycles. The standard InChI is InChI=1S/C49H58N13O21P3S2.C22H31N6O12P3.Eu/c50-45-42-46(54-26-53-45)62(27-55-42)47-44(43(71)37(80-47)25-79-84(73,74)82-85(75,76)83-86(77,78)88)81-49(72)52-16-4-2-1-3-15-51-48(87)58-30-13-11-28(12-14-30)29-17-35(33-9-5-7-31(56-33)19-60(21-38(63)64)22-39(65)66)59-36(18-29)34-10-6-8-32(57-34)20-61(23-40(67)68)24-41(69)70;1-13(29)24-7-6-14-2-4-15(5-3-14)9-41(32,33)12-42(34,35)40-43(36,37)38-8-16-18(30)19(31)22(39-16)28-11-27-17-20(23)25-10-26-21(17)28;/h5-14,17-18,26-27,37,43-44,47,71H,1-4,15-16,19-25H2,(H,52,72)(H,63,64)(H,65,66)(H,67,68)(H,69,70)(H,73,74)(H,75,76)(H2,50,53,54)(H2,51,58,87)(H2,77,78,88);2-5,10-11,16,18-19,22,30-31H,6-9,12H2,1H3,(H,24,29)(H,32,33)(H,34,35)(H,36,37)(H2,23,25,26);/q;;+3/p-6/t37-,43?,44+,47-;;/m1../s1. The number of hydrogen-bond acceptors (Lipinski definition) is 43. The number of carboxylic acid groups (broad SMARTS) is 4. The average Bonchev–Trinajstić information content (AvgIpc) is 1.30. The minimum atomic E-state index is -6.04. The van der Waals surface area contributed by atoms with Crippen molar-refractivity contribution in [3.05, 3.63) is 145 Å². The number of amides is 2. The minimum absolute atomic E-state index is 0. The number of aliphatic hydroxyl groups excluding tert-OH is 3. The molecule has 2 aliphatic rings. The van der Waals surface area contributed by atoms with E-state index < -0.39 is 176 Å². The van der Waals surface area contributed by atoms with Crippen molar-refractivity contribution in [3.8, 4) is 33.9 Å². The molecule has 2 fully saturated rings. The molecule has 14 atom stereocenters. The van der Waals surface area contributed by atoms with Gasteiger partial charge in [0.05, 0.1) is 92.1 Å². The van der Waals surface area contributed by atoms with Crippen molar-refractivity contribution in [2.75, 3.05) is 81.7 Å². The van der Waals surface area contributed by atoms with Crippen LogP contribution in [0.25, 0.3) is 56.2 Å².